The van der Waals surface area contributed by atoms with E-state index in [0.717, 1.165) is 12.8 Å². The molecule has 0 unspecified atom stereocenters. The van der Waals surface area contributed by atoms with E-state index in [0.29, 0.717) is 22.6 Å². The van der Waals surface area contributed by atoms with Gasteiger partial charge in [0, 0.05) is 6.04 Å². The molecule has 1 aromatic heterocycles. The van der Waals surface area contributed by atoms with Crippen LogP contribution in [0.1, 0.15) is 33.7 Å². The van der Waals surface area contributed by atoms with E-state index in [4.69, 9.17) is 11.6 Å². The molecule has 0 atom stereocenters. The van der Waals surface area contributed by atoms with E-state index in [1.165, 1.54) is 25.3 Å². The molecular formula is C16H15ClN4O3. The van der Waals surface area contributed by atoms with Crippen LogP contribution in [0.15, 0.2) is 30.3 Å². The van der Waals surface area contributed by atoms with Crippen LogP contribution in [0.25, 0.3) is 0 Å². The molecule has 24 heavy (non-hydrogen) atoms. The molecule has 1 saturated carbocycles. The van der Waals surface area contributed by atoms with Crippen LogP contribution in [0.4, 0.5) is 11.5 Å². The molecule has 1 amide bonds. The molecule has 0 saturated heterocycles. The molecule has 8 heteroatoms. The second kappa shape index (κ2) is 6.84. The number of aromatic nitrogens is 2. The maximum absolute atomic E-state index is 12.3. The minimum Gasteiger partial charge on any atom is -0.465 e. The summed E-state index contributed by atoms with van der Waals surface area (Å²) in [6.07, 6.45) is 2.25. The predicted molar refractivity (Wildman–Crippen MR) is 89.4 cm³/mol. The number of methoxy groups -OCH3 is 1. The van der Waals surface area contributed by atoms with Gasteiger partial charge in [0.05, 0.1) is 23.4 Å². The number of benzene rings is 1. The van der Waals surface area contributed by atoms with Crippen molar-refractivity contribution in [2.24, 2.45) is 0 Å². The summed E-state index contributed by atoms with van der Waals surface area (Å²) in [4.78, 5) is 23.8. The van der Waals surface area contributed by atoms with Gasteiger partial charge in [0.2, 0.25) is 0 Å². The van der Waals surface area contributed by atoms with Crippen LogP contribution in [0.2, 0.25) is 5.02 Å². The highest BCUT2D eigenvalue weighted by Crippen LogP contribution is 2.25. The quantitative estimate of drug-likeness (QED) is 0.808. The average molecular weight is 347 g/mol. The molecule has 1 fully saturated rings. The third-order valence-corrected chi connectivity index (χ3v) is 3.79. The lowest BCUT2D eigenvalue weighted by atomic mass is 10.2. The summed E-state index contributed by atoms with van der Waals surface area (Å²) in [5, 5.41) is 14.0. The first-order valence-electron chi connectivity index (χ1n) is 7.36. The van der Waals surface area contributed by atoms with Crippen molar-refractivity contribution in [3.8, 4) is 0 Å². The highest BCUT2D eigenvalue weighted by Gasteiger charge is 2.21. The largest absolute Gasteiger partial charge is 0.465 e. The summed E-state index contributed by atoms with van der Waals surface area (Å²) in [7, 11) is 1.28. The van der Waals surface area contributed by atoms with Crippen molar-refractivity contribution in [2.75, 3.05) is 17.7 Å². The van der Waals surface area contributed by atoms with E-state index in [1.54, 1.807) is 12.1 Å². The van der Waals surface area contributed by atoms with Gasteiger partial charge in [-0.05, 0) is 43.2 Å². The first kappa shape index (κ1) is 16.2. The monoisotopic (exact) mass is 346 g/mol. The normalized spacial score (nSPS) is 13.2. The standard InChI is InChI=1S/C16H15ClN4O3/c1-24-16(23)9-2-5-11(17)13(8-9)19-15(22)12-6-7-14(21-20-12)18-10-3-4-10/h2,5-8,10H,3-4H2,1H3,(H,18,21)(H,19,22). The molecule has 1 aliphatic carbocycles. The summed E-state index contributed by atoms with van der Waals surface area (Å²) in [6.45, 7) is 0. The second-order valence-corrected chi connectivity index (χ2v) is 5.77. The number of rotatable bonds is 5. The highest BCUT2D eigenvalue weighted by atomic mass is 35.5. The Morgan fingerprint density at radius 1 is 1.21 bits per heavy atom. The Hall–Kier alpha value is -2.67. The Labute approximate surface area is 143 Å². The summed E-state index contributed by atoms with van der Waals surface area (Å²) in [6, 6.07) is 8.21. The lowest BCUT2D eigenvalue weighted by Gasteiger charge is -2.09. The van der Waals surface area contributed by atoms with Gasteiger partial charge in [-0.2, -0.15) is 0 Å². The van der Waals surface area contributed by atoms with E-state index in [1.807, 2.05) is 0 Å². The molecule has 3 rings (SSSR count). The Kier molecular flexibility index (Phi) is 4.61. The topological polar surface area (TPSA) is 93.2 Å². The van der Waals surface area contributed by atoms with E-state index in [2.05, 4.69) is 25.6 Å². The first-order valence-corrected chi connectivity index (χ1v) is 7.74. The average Bonchev–Trinajstić information content (AvgIpc) is 3.40. The van der Waals surface area contributed by atoms with Gasteiger partial charge in [-0.3, -0.25) is 4.79 Å². The molecule has 0 radical (unpaired) electrons. The van der Waals surface area contributed by atoms with E-state index < -0.39 is 11.9 Å². The Bertz CT molecular complexity index is 775. The minimum absolute atomic E-state index is 0.149. The van der Waals surface area contributed by atoms with E-state index >= 15 is 0 Å². The van der Waals surface area contributed by atoms with Crippen molar-refractivity contribution in [3.05, 3.63) is 46.6 Å². The highest BCUT2D eigenvalue weighted by molar-refractivity contribution is 6.34. The van der Waals surface area contributed by atoms with Crippen molar-refractivity contribution in [2.45, 2.75) is 18.9 Å². The summed E-state index contributed by atoms with van der Waals surface area (Å²) >= 11 is 6.05. The maximum Gasteiger partial charge on any atom is 0.337 e. The first-order chi connectivity index (χ1) is 11.6. The zero-order valence-corrected chi connectivity index (χ0v) is 13.6. The molecule has 1 heterocycles. The van der Waals surface area contributed by atoms with E-state index in [9.17, 15) is 9.59 Å². The third-order valence-electron chi connectivity index (χ3n) is 3.46. The van der Waals surface area contributed by atoms with Crippen LogP contribution >= 0.6 is 11.6 Å². The number of nitrogens with one attached hydrogen (secondary N) is 2. The Morgan fingerprint density at radius 3 is 2.62 bits per heavy atom. The van der Waals surface area contributed by atoms with Gasteiger partial charge >= 0.3 is 5.97 Å². The number of hydrogen-bond acceptors (Lipinski definition) is 6. The van der Waals surface area contributed by atoms with Crippen LogP contribution in [0.5, 0.6) is 0 Å². The van der Waals surface area contributed by atoms with Crippen molar-refractivity contribution < 1.29 is 14.3 Å². The van der Waals surface area contributed by atoms with Gasteiger partial charge in [-0.15, -0.1) is 10.2 Å². The number of ether oxygens (including phenoxy) is 1. The van der Waals surface area contributed by atoms with E-state index in [-0.39, 0.29) is 11.3 Å². The van der Waals surface area contributed by atoms with Gasteiger partial charge in [0.15, 0.2) is 5.69 Å². The van der Waals surface area contributed by atoms with Gasteiger partial charge in [0.1, 0.15) is 5.82 Å². The summed E-state index contributed by atoms with van der Waals surface area (Å²) in [5.74, 6) is -0.346. The zero-order chi connectivity index (χ0) is 17.1. The summed E-state index contributed by atoms with van der Waals surface area (Å²) < 4.78 is 4.65. The lowest BCUT2D eigenvalue weighted by Crippen LogP contribution is -2.16. The number of hydrogen-bond donors (Lipinski definition) is 2. The third kappa shape index (κ3) is 3.80. The number of esters is 1. The van der Waals surface area contributed by atoms with Gasteiger partial charge in [-0.1, -0.05) is 11.6 Å². The second-order valence-electron chi connectivity index (χ2n) is 5.36. The zero-order valence-electron chi connectivity index (χ0n) is 12.9. The van der Waals surface area contributed by atoms with Crippen LogP contribution in [0.3, 0.4) is 0 Å². The fourth-order valence-electron chi connectivity index (χ4n) is 2.02. The SMILES string of the molecule is COC(=O)c1ccc(Cl)c(NC(=O)c2ccc(NC3CC3)nn2)c1. The number of anilines is 2. The van der Waals surface area contributed by atoms with Gasteiger partial charge < -0.3 is 15.4 Å². The van der Waals surface area contributed by atoms with Crippen molar-refractivity contribution in [1.29, 1.82) is 0 Å². The number of halogens is 1. The van der Waals surface area contributed by atoms with Crippen molar-refractivity contribution >= 4 is 35.0 Å². The number of amides is 1. The molecule has 2 N–H and O–H groups in total. The molecule has 7 nitrogen and oxygen atoms in total. The van der Waals surface area contributed by atoms with Crippen LogP contribution in [-0.4, -0.2) is 35.2 Å². The molecule has 1 aliphatic rings. The Morgan fingerprint density at radius 2 is 2.00 bits per heavy atom. The molecule has 0 spiro atoms. The molecule has 0 bridgehead atoms. The van der Waals surface area contributed by atoms with Crippen LogP contribution in [0, 0.1) is 0 Å². The fourth-order valence-corrected chi connectivity index (χ4v) is 2.18. The smallest absolute Gasteiger partial charge is 0.337 e. The molecule has 1 aromatic carbocycles. The molecule has 2 aromatic rings. The van der Waals surface area contributed by atoms with Gasteiger partial charge in [-0.25, -0.2) is 4.79 Å². The number of carbonyl (C=O) groups excluding carboxylic acids is 2. The molecular weight excluding hydrogens is 332 g/mol. The van der Waals surface area contributed by atoms with Crippen molar-refractivity contribution in [3.63, 3.8) is 0 Å². The Balaban J connectivity index is 1.72. The van der Waals surface area contributed by atoms with Crippen molar-refractivity contribution in [1.82, 2.24) is 10.2 Å². The lowest BCUT2D eigenvalue weighted by molar-refractivity contribution is 0.0600. The summed E-state index contributed by atoms with van der Waals surface area (Å²) in [5.41, 5.74) is 0.731. The maximum atomic E-state index is 12.3. The number of nitrogens with zero attached hydrogens (tertiary/aromatic N) is 2. The van der Waals surface area contributed by atoms with Gasteiger partial charge in [0.25, 0.3) is 5.91 Å². The van der Waals surface area contributed by atoms with Crippen LogP contribution in [-0.2, 0) is 4.74 Å². The van der Waals surface area contributed by atoms with Crippen LogP contribution < -0.4 is 10.6 Å². The predicted octanol–water partition coefficient (Wildman–Crippen LogP) is 2.74. The minimum atomic E-state index is -0.516. The molecule has 124 valence electrons. The number of carbonyl (C=O) groups is 2. The molecule has 0 aliphatic heterocycles. The fraction of sp³-hybridized carbons (Fsp3) is 0.250.